The Kier molecular flexibility index (Phi) is 8.06. The summed E-state index contributed by atoms with van der Waals surface area (Å²) < 4.78 is 12.6. The molecular weight excluding hydrogens is 545 g/mol. The topological polar surface area (TPSA) is 82.8 Å². The molecule has 10 heteroatoms. The first-order valence-electron chi connectivity index (χ1n) is 10.5. The van der Waals surface area contributed by atoms with E-state index in [1.165, 1.54) is 10.9 Å². The number of nitrogens with zero attached hydrogens (tertiary/aromatic N) is 3. The van der Waals surface area contributed by atoms with Crippen molar-refractivity contribution in [2.45, 2.75) is 46.1 Å². The van der Waals surface area contributed by atoms with Crippen LogP contribution in [0.25, 0.3) is 10.9 Å². The largest absolute Gasteiger partial charge is 0.476 e. The lowest BCUT2D eigenvalue weighted by Crippen LogP contribution is -2.29. The zero-order chi connectivity index (χ0) is 25.2. The summed E-state index contributed by atoms with van der Waals surface area (Å²) in [7, 11) is 0. The van der Waals surface area contributed by atoms with Gasteiger partial charge in [-0.2, -0.15) is 9.78 Å². The van der Waals surface area contributed by atoms with Crippen LogP contribution in [0, 0.1) is 0 Å². The monoisotopic (exact) mass is 567 g/mol. The zero-order valence-corrected chi connectivity index (χ0v) is 22.5. The van der Waals surface area contributed by atoms with Gasteiger partial charge in [0.25, 0.3) is 5.56 Å². The van der Waals surface area contributed by atoms with E-state index < -0.39 is 17.5 Å². The van der Waals surface area contributed by atoms with Gasteiger partial charge in [0.1, 0.15) is 5.82 Å². The number of benzene rings is 2. The lowest BCUT2D eigenvalue weighted by Gasteiger charge is -2.21. The van der Waals surface area contributed by atoms with Gasteiger partial charge in [-0.25, -0.2) is 9.78 Å². The summed E-state index contributed by atoms with van der Waals surface area (Å²) in [5, 5.41) is 5.23. The molecule has 0 radical (unpaired) electrons. The number of carbonyl (C=O) groups excluding carboxylic acids is 1. The molecule has 180 valence electrons. The predicted molar refractivity (Wildman–Crippen MR) is 139 cm³/mol. The van der Waals surface area contributed by atoms with Crippen molar-refractivity contribution in [3.05, 3.63) is 66.6 Å². The van der Waals surface area contributed by atoms with Gasteiger partial charge in [0, 0.05) is 9.89 Å². The summed E-state index contributed by atoms with van der Waals surface area (Å²) >= 11 is 16.1. The smallest absolute Gasteiger partial charge is 0.347 e. The molecule has 0 spiro atoms. The predicted octanol–water partition coefficient (Wildman–Crippen LogP) is 5.98. The van der Waals surface area contributed by atoms with E-state index in [0.29, 0.717) is 22.3 Å². The second kappa shape index (κ2) is 10.5. The minimum absolute atomic E-state index is 0.158. The third kappa shape index (κ3) is 5.79. The van der Waals surface area contributed by atoms with E-state index in [4.69, 9.17) is 32.7 Å². The Morgan fingerprint density at radius 1 is 1.24 bits per heavy atom. The highest BCUT2D eigenvalue weighted by molar-refractivity contribution is 9.10. The molecule has 0 aliphatic rings. The number of hydrogen-bond acceptors (Lipinski definition) is 6. The van der Waals surface area contributed by atoms with Crippen molar-refractivity contribution in [3.8, 4) is 5.75 Å². The van der Waals surface area contributed by atoms with Crippen molar-refractivity contribution < 1.29 is 14.3 Å². The van der Waals surface area contributed by atoms with Gasteiger partial charge in [-0.3, -0.25) is 4.79 Å². The van der Waals surface area contributed by atoms with Crippen molar-refractivity contribution in [1.29, 1.82) is 0 Å². The van der Waals surface area contributed by atoms with Gasteiger partial charge in [-0.1, -0.05) is 59.9 Å². The summed E-state index contributed by atoms with van der Waals surface area (Å²) in [6.07, 6.45) is 0.587. The Balaban J connectivity index is 2.02. The summed E-state index contributed by atoms with van der Waals surface area (Å²) in [6, 6.07) is 8.51. The van der Waals surface area contributed by atoms with Crippen LogP contribution in [0.15, 0.2) is 44.7 Å². The number of halogens is 3. The van der Waals surface area contributed by atoms with Gasteiger partial charge < -0.3 is 9.47 Å². The molecule has 34 heavy (non-hydrogen) atoms. The molecule has 1 aromatic heterocycles. The van der Waals surface area contributed by atoms with E-state index >= 15 is 0 Å². The van der Waals surface area contributed by atoms with Crippen LogP contribution >= 0.6 is 39.1 Å². The quantitative estimate of drug-likeness (QED) is 0.270. The van der Waals surface area contributed by atoms with Crippen LogP contribution in [0.1, 0.15) is 46.0 Å². The molecule has 0 saturated carbocycles. The van der Waals surface area contributed by atoms with Crippen LogP contribution in [0.5, 0.6) is 5.75 Å². The highest BCUT2D eigenvalue weighted by atomic mass is 79.9. The van der Waals surface area contributed by atoms with Crippen molar-refractivity contribution in [1.82, 2.24) is 9.66 Å². The van der Waals surface area contributed by atoms with Gasteiger partial charge in [-0.05, 0) is 49.7 Å². The lowest BCUT2D eigenvalue weighted by molar-refractivity contribution is -0.150. The molecule has 0 saturated heterocycles. The van der Waals surface area contributed by atoms with Crippen LogP contribution in [0.2, 0.25) is 10.0 Å². The van der Waals surface area contributed by atoms with Crippen LogP contribution < -0.4 is 10.3 Å². The Morgan fingerprint density at radius 2 is 1.88 bits per heavy atom. The van der Waals surface area contributed by atoms with Crippen LogP contribution in [0.4, 0.5) is 0 Å². The number of fused-ring (bicyclic) bond motifs is 1. The minimum atomic E-state index is -0.884. The van der Waals surface area contributed by atoms with Gasteiger partial charge in [0.2, 0.25) is 0 Å². The normalized spacial score (nSPS) is 12.8. The van der Waals surface area contributed by atoms with Crippen LogP contribution in [-0.2, 0) is 14.9 Å². The highest BCUT2D eigenvalue weighted by Gasteiger charge is 2.23. The second-order valence-electron chi connectivity index (χ2n) is 8.53. The van der Waals surface area contributed by atoms with Crippen molar-refractivity contribution >= 4 is 62.2 Å². The maximum absolute atomic E-state index is 13.3. The summed E-state index contributed by atoms with van der Waals surface area (Å²) in [5.74, 6) is 0.139. The molecule has 1 atom stereocenters. The molecule has 7 nitrogen and oxygen atoms in total. The molecule has 0 aliphatic heterocycles. The van der Waals surface area contributed by atoms with Crippen molar-refractivity contribution in [3.63, 3.8) is 0 Å². The van der Waals surface area contributed by atoms with Crippen LogP contribution in [-0.4, -0.2) is 34.6 Å². The van der Waals surface area contributed by atoms with E-state index in [1.54, 1.807) is 38.1 Å². The molecule has 3 aromatic rings. The summed E-state index contributed by atoms with van der Waals surface area (Å²) in [5.41, 5.74) is 0.376. The fraction of sp³-hybridized carbons (Fsp3) is 0.333. The standard InChI is InChI=1S/C24H24BrCl2N3O4/c1-6-33-22(32)13(2)34-20-17(26)9-14(10-18(20)27)12-28-30-21(31)16-11-15(25)7-8-19(16)29-23(30)24(3,4)5/h7-13H,6H2,1-5H3/t13-/m0/s1. The molecule has 3 rings (SSSR count). The average molecular weight is 569 g/mol. The van der Waals surface area contributed by atoms with Gasteiger partial charge in [0.15, 0.2) is 11.9 Å². The highest BCUT2D eigenvalue weighted by Crippen LogP contribution is 2.35. The maximum atomic E-state index is 13.3. The third-order valence-electron chi connectivity index (χ3n) is 4.74. The zero-order valence-electron chi connectivity index (χ0n) is 19.4. The SMILES string of the molecule is CCOC(=O)[C@H](C)Oc1c(Cl)cc(C=Nn2c(C(C)(C)C)nc3ccc(Br)cc3c2=O)cc1Cl. The second-order valence-corrected chi connectivity index (χ2v) is 10.3. The van der Waals surface area contributed by atoms with Gasteiger partial charge >= 0.3 is 5.97 Å². The molecule has 2 aromatic carbocycles. The lowest BCUT2D eigenvalue weighted by atomic mass is 9.95. The van der Waals surface area contributed by atoms with E-state index in [2.05, 4.69) is 26.0 Å². The molecular formula is C24H24BrCl2N3O4. The van der Waals surface area contributed by atoms with Gasteiger partial charge in [0.05, 0.1) is 33.8 Å². The average Bonchev–Trinajstić information content (AvgIpc) is 2.75. The minimum Gasteiger partial charge on any atom is -0.476 e. The molecule has 0 unspecified atom stereocenters. The molecule has 0 amide bonds. The Hall–Kier alpha value is -2.42. The molecule has 0 bridgehead atoms. The number of hydrogen-bond donors (Lipinski definition) is 0. The Bertz CT molecular complexity index is 1310. The summed E-state index contributed by atoms with van der Waals surface area (Å²) in [4.78, 5) is 29.8. The van der Waals surface area contributed by atoms with Crippen molar-refractivity contribution in [2.24, 2.45) is 5.10 Å². The van der Waals surface area contributed by atoms with Crippen LogP contribution in [0.3, 0.4) is 0 Å². The summed E-state index contributed by atoms with van der Waals surface area (Å²) in [6.45, 7) is 9.35. The van der Waals surface area contributed by atoms with Crippen molar-refractivity contribution in [2.75, 3.05) is 6.61 Å². The molecule has 1 heterocycles. The first-order chi connectivity index (χ1) is 15.9. The van der Waals surface area contributed by atoms with E-state index in [0.717, 1.165) is 4.47 Å². The number of esters is 1. The van der Waals surface area contributed by atoms with E-state index in [-0.39, 0.29) is 28.0 Å². The Labute approximate surface area is 215 Å². The molecule has 0 fully saturated rings. The fourth-order valence-electron chi connectivity index (χ4n) is 3.12. The number of ether oxygens (including phenoxy) is 2. The third-order valence-corrected chi connectivity index (χ3v) is 5.79. The number of carbonyl (C=O) groups is 1. The van der Waals surface area contributed by atoms with E-state index in [1.807, 2.05) is 26.8 Å². The first kappa shape index (κ1) is 26.2. The number of rotatable bonds is 6. The van der Waals surface area contributed by atoms with Gasteiger partial charge in [-0.15, -0.1) is 0 Å². The molecule has 0 N–H and O–H groups in total. The fourth-order valence-corrected chi connectivity index (χ4v) is 4.07. The Morgan fingerprint density at radius 3 is 2.47 bits per heavy atom. The first-order valence-corrected chi connectivity index (χ1v) is 12.1. The molecule has 0 aliphatic carbocycles. The number of aromatic nitrogens is 2. The van der Waals surface area contributed by atoms with E-state index in [9.17, 15) is 9.59 Å². The maximum Gasteiger partial charge on any atom is 0.347 e.